The number of aromatic nitrogens is 3. The van der Waals surface area contributed by atoms with Crippen LogP contribution in [-0.4, -0.2) is 52.7 Å². The lowest BCUT2D eigenvalue weighted by atomic mass is 10.1. The minimum Gasteiger partial charge on any atom is -0.351 e. The fourth-order valence-electron chi connectivity index (χ4n) is 3.73. The van der Waals surface area contributed by atoms with Crippen LogP contribution < -0.4 is 10.6 Å². The number of rotatable bonds is 13. The number of benzene rings is 2. The second kappa shape index (κ2) is 13.5. The van der Waals surface area contributed by atoms with Gasteiger partial charge in [-0.1, -0.05) is 42.0 Å². The number of carbonyl (C=O) groups excluding carboxylic acids is 2. The molecule has 1 heterocycles. The van der Waals surface area contributed by atoms with Crippen LogP contribution in [0.2, 0.25) is 0 Å². The van der Waals surface area contributed by atoms with Crippen molar-refractivity contribution in [3.8, 4) is 5.69 Å². The number of alkyl halides is 4. The fourth-order valence-corrected chi connectivity index (χ4v) is 3.73. The van der Waals surface area contributed by atoms with E-state index >= 15 is 0 Å². The van der Waals surface area contributed by atoms with Crippen molar-refractivity contribution < 1.29 is 27.2 Å². The highest BCUT2D eigenvalue weighted by Crippen LogP contribution is 2.18. The second-order valence-corrected chi connectivity index (χ2v) is 8.49. The summed E-state index contributed by atoms with van der Waals surface area (Å²) in [6.07, 6.45) is -0.883. The molecule has 0 aliphatic heterocycles. The third-order valence-electron chi connectivity index (χ3n) is 5.62. The van der Waals surface area contributed by atoms with Crippen molar-refractivity contribution >= 4 is 11.8 Å². The van der Waals surface area contributed by atoms with E-state index in [0.717, 1.165) is 12.8 Å². The molecule has 0 saturated carbocycles. The van der Waals surface area contributed by atoms with Crippen molar-refractivity contribution in [3.05, 3.63) is 77.1 Å². The molecule has 3 aromatic rings. The maximum Gasteiger partial charge on any atom is 0.405 e. The van der Waals surface area contributed by atoms with E-state index in [9.17, 15) is 27.2 Å². The van der Waals surface area contributed by atoms with E-state index in [1.807, 2.05) is 35.6 Å². The van der Waals surface area contributed by atoms with E-state index < -0.39 is 25.3 Å². The first kappa shape index (κ1) is 27.8. The SMILES string of the molecule is O=C(NCC(F)(F)F)c1ccc(-n2nnc(C(=O)NCCCc3ccccc3)c2CCCCCF)cc1. The minimum absolute atomic E-state index is 0.0500. The Kier molecular flexibility index (Phi) is 10.2. The van der Waals surface area contributed by atoms with Crippen LogP contribution in [0.25, 0.3) is 5.69 Å². The quantitative estimate of drug-likeness (QED) is 0.255. The maximum absolute atomic E-state index is 12.9. The van der Waals surface area contributed by atoms with E-state index in [1.165, 1.54) is 34.5 Å². The predicted molar refractivity (Wildman–Crippen MR) is 130 cm³/mol. The van der Waals surface area contributed by atoms with Gasteiger partial charge in [-0.25, -0.2) is 4.68 Å². The van der Waals surface area contributed by atoms with Gasteiger partial charge in [0.05, 0.1) is 18.1 Å². The van der Waals surface area contributed by atoms with Crippen LogP contribution in [0.1, 0.15) is 57.8 Å². The summed E-state index contributed by atoms with van der Waals surface area (Å²) in [5.41, 5.74) is 2.41. The first-order valence-electron chi connectivity index (χ1n) is 12.1. The minimum atomic E-state index is -4.51. The Labute approximate surface area is 212 Å². The molecular formula is C26H29F4N5O2. The smallest absolute Gasteiger partial charge is 0.351 e. The molecule has 0 radical (unpaired) electrons. The summed E-state index contributed by atoms with van der Waals surface area (Å²) in [7, 11) is 0. The van der Waals surface area contributed by atoms with Gasteiger partial charge in [0.1, 0.15) is 6.54 Å². The van der Waals surface area contributed by atoms with Gasteiger partial charge in [-0.15, -0.1) is 5.10 Å². The number of hydrogen-bond donors (Lipinski definition) is 2. The summed E-state index contributed by atoms with van der Waals surface area (Å²) >= 11 is 0. The number of aryl methyl sites for hydroxylation is 1. The lowest BCUT2D eigenvalue weighted by Crippen LogP contribution is -2.33. The van der Waals surface area contributed by atoms with Gasteiger partial charge in [-0.05, 0) is 61.9 Å². The normalized spacial score (nSPS) is 11.4. The highest BCUT2D eigenvalue weighted by atomic mass is 19.4. The fraction of sp³-hybridized carbons (Fsp3) is 0.385. The van der Waals surface area contributed by atoms with Crippen molar-refractivity contribution in [2.45, 2.75) is 44.7 Å². The zero-order valence-corrected chi connectivity index (χ0v) is 20.2. The average molecular weight is 520 g/mol. The van der Waals surface area contributed by atoms with Crippen LogP contribution >= 0.6 is 0 Å². The molecule has 0 aliphatic rings. The monoisotopic (exact) mass is 519 g/mol. The van der Waals surface area contributed by atoms with E-state index in [2.05, 4.69) is 15.6 Å². The number of amides is 2. The zero-order valence-electron chi connectivity index (χ0n) is 20.2. The van der Waals surface area contributed by atoms with Gasteiger partial charge in [-0.3, -0.25) is 14.0 Å². The molecule has 0 unspecified atom stereocenters. The molecule has 11 heteroatoms. The van der Waals surface area contributed by atoms with Crippen LogP contribution in [0.4, 0.5) is 17.6 Å². The largest absolute Gasteiger partial charge is 0.405 e. The van der Waals surface area contributed by atoms with Crippen LogP contribution in [0.5, 0.6) is 0 Å². The predicted octanol–water partition coefficient (Wildman–Crippen LogP) is 4.60. The molecule has 2 amide bonds. The highest BCUT2D eigenvalue weighted by molar-refractivity contribution is 5.94. The van der Waals surface area contributed by atoms with Gasteiger partial charge >= 0.3 is 6.18 Å². The topological polar surface area (TPSA) is 88.9 Å². The van der Waals surface area contributed by atoms with Crippen LogP contribution in [0.3, 0.4) is 0 Å². The summed E-state index contributed by atoms with van der Waals surface area (Å²) in [5, 5.41) is 12.9. The Morgan fingerprint density at radius 1 is 0.838 bits per heavy atom. The number of halogens is 4. The Hall–Kier alpha value is -3.76. The van der Waals surface area contributed by atoms with Gasteiger partial charge in [0.2, 0.25) is 0 Å². The summed E-state index contributed by atoms with van der Waals surface area (Å²) in [4.78, 5) is 24.9. The van der Waals surface area contributed by atoms with Crippen molar-refractivity contribution in [1.29, 1.82) is 0 Å². The molecule has 0 aliphatic carbocycles. The van der Waals surface area contributed by atoms with Gasteiger partial charge in [0.15, 0.2) is 5.69 Å². The maximum atomic E-state index is 12.9. The van der Waals surface area contributed by atoms with E-state index in [1.54, 1.807) is 0 Å². The van der Waals surface area contributed by atoms with Crippen LogP contribution in [0, 0.1) is 0 Å². The molecule has 0 fully saturated rings. The lowest BCUT2D eigenvalue weighted by Gasteiger charge is -2.10. The summed E-state index contributed by atoms with van der Waals surface area (Å²) in [6, 6.07) is 15.7. The summed E-state index contributed by atoms with van der Waals surface area (Å²) in [5.74, 6) is -1.23. The Morgan fingerprint density at radius 2 is 1.57 bits per heavy atom. The number of hydrogen-bond acceptors (Lipinski definition) is 4. The molecule has 37 heavy (non-hydrogen) atoms. The number of nitrogens with zero attached hydrogens (tertiary/aromatic N) is 3. The average Bonchev–Trinajstić information content (AvgIpc) is 3.32. The van der Waals surface area contributed by atoms with E-state index in [-0.39, 0.29) is 17.2 Å². The van der Waals surface area contributed by atoms with Crippen molar-refractivity contribution in [1.82, 2.24) is 25.6 Å². The van der Waals surface area contributed by atoms with Crippen molar-refractivity contribution in [2.24, 2.45) is 0 Å². The van der Waals surface area contributed by atoms with Crippen LogP contribution in [-0.2, 0) is 12.8 Å². The van der Waals surface area contributed by atoms with Gasteiger partial charge in [0.25, 0.3) is 11.8 Å². The van der Waals surface area contributed by atoms with E-state index in [4.69, 9.17) is 0 Å². The first-order valence-corrected chi connectivity index (χ1v) is 12.1. The molecule has 0 bridgehead atoms. The van der Waals surface area contributed by atoms with Crippen molar-refractivity contribution in [3.63, 3.8) is 0 Å². The summed E-state index contributed by atoms with van der Waals surface area (Å²) < 4.78 is 51.1. The van der Waals surface area contributed by atoms with Gasteiger partial charge in [0, 0.05) is 12.1 Å². The third-order valence-corrected chi connectivity index (χ3v) is 5.62. The molecule has 0 saturated heterocycles. The summed E-state index contributed by atoms with van der Waals surface area (Å²) in [6.45, 7) is -1.41. The molecule has 1 aromatic heterocycles. The second-order valence-electron chi connectivity index (χ2n) is 8.49. The molecule has 7 nitrogen and oxygen atoms in total. The van der Waals surface area contributed by atoms with E-state index in [0.29, 0.717) is 43.6 Å². The zero-order chi connectivity index (χ0) is 26.7. The Morgan fingerprint density at radius 3 is 2.24 bits per heavy atom. The van der Waals surface area contributed by atoms with Gasteiger partial charge in [-0.2, -0.15) is 13.2 Å². The highest BCUT2D eigenvalue weighted by Gasteiger charge is 2.28. The Balaban J connectivity index is 1.69. The molecular weight excluding hydrogens is 490 g/mol. The molecule has 198 valence electrons. The molecule has 0 spiro atoms. The third kappa shape index (κ3) is 8.69. The molecule has 2 N–H and O–H groups in total. The molecule has 0 atom stereocenters. The number of carbonyl (C=O) groups is 2. The first-order chi connectivity index (χ1) is 17.8. The number of unbranched alkanes of at least 4 members (excludes halogenated alkanes) is 2. The standard InChI is InChI=1S/C26H29F4N5O2/c27-16-6-2-5-11-22-23(25(37)31-17-7-10-19-8-3-1-4-9-19)33-34-35(22)21-14-12-20(13-15-21)24(36)32-18-26(28,29)30/h1,3-4,8-9,12-15H,2,5-7,10-11,16-18H2,(H,31,37)(H,32,36). The molecule has 3 rings (SSSR count). The Bertz CT molecular complexity index is 1150. The number of nitrogens with one attached hydrogen (secondary N) is 2. The van der Waals surface area contributed by atoms with Crippen molar-refractivity contribution in [2.75, 3.05) is 19.8 Å². The lowest BCUT2D eigenvalue weighted by molar-refractivity contribution is -0.123. The van der Waals surface area contributed by atoms with Gasteiger partial charge < -0.3 is 10.6 Å². The molecule has 2 aromatic carbocycles. The van der Waals surface area contributed by atoms with Crippen LogP contribution in [0.15, 0.2) is 54.6 Å².